The number of carbonyl (C=O) groups excluding carboxylic acids is 2. The van der Waals surface area contributed by atoms with Gasteiger partial charge in [-0.3, -0.25) is 0 Å². The van der Waals surface area contributed by atoms with Gasteiger partial charge in [-0.1, -0.05) is 48.5 Å². The van der Waals surface area contributed by atoms with Crippen LogP contribution in [-0.4, -0.2) is 18.5 Å². The first-order valence-electron chi connectivity index (χ1n) is 11.4. The molecular formula is C28H17F5N2O4. The van der Waals surface area contributed by atoms with E-state index in [1.54, 1.807) is 0 Å². The van der Waals surface area contributed by atoms with Crippen molar-refractivity contribution in [3.63, 3.8) is 0 Å². The lowest BCUT2D eigenvalue weighted by molar-refractivity contribution is 0.0486. The number of fused-ring (bicyclic) bond motifs is 3. The lowest BCUT2D eigenvalue weighted by atomic mass is 9.98. The summed E-state index contributed by atoms with van der Waals surface area (Å²) >= 11 is 0. The van der Waals surface area contributed by atoms with Gasteiger partial charge in [0, 0.05) is 5.92 Å². The molecule has 4 N–H and O–H groups in total. The van der Waals surface area contributed by atoms with E-state index < -0.39 is 63.6 Å². The minimum atomic E-state index is -2.43. The highest BCUT2D eigenvalue weighted by molar-refractivity contribution is 6.09. The molecule has 39 heavy (non-hydrogen) atoms. The van der Waals surface area contributed by atoms with Crippen molar-refractivity contribution in [3.8, 4) is 16.9 Å². The van der Waals surface area contributed by atoms with Crippen LogP contribution in [0, 0.1) is 29.1 Å². The SMILES string of the molecule is Nc1ccc(C(=O)Oc2c(F)c(F)c(F)c(F)c2F)c(C(=O)OCC2c3ccccc3-c3ccccc32)c1N. The van der Waals surface area contributed by atoms with Crippen LogP contribution in [0.4, 0.5) is 33.3 Å². The number of hydrogen-bond donors (Lipinski definition) is 2. The summed E-state index contributed by atoms with van der Waals surface area (Å²) in [6.45, 7) is -0.173. The van der Waals surface area contributed by atoms with Gasteiger partial charge in [0.05, 0.1) is 22.5 Å². The summed E-state index contributed by atoms with van der Waals surface area (Å²) in [6, 6.07) is 17.1. The summed E-state index contributed by atoms with van der Waals surface area (Å²) in [5.74, 6) is -16.7. The van der Waals surface area contributed by atoms with Gasteiger partial charge in [-0.25, -0.2) is 22.8 Å². The van der Waals surface area contributed by atoms with E-state index in [1.165, 1.54) is 0 Å². The number of ether oxygens (including phenoxy) is 2. The average Bonchev–Trinajstić information content (AvgIpc) is 3.26. The van der Waals surface area contributed by atoms with Crippen LogP contribution in [0.25, 0.3) is 11.1 Å². The Balaban J connectivity index is 1.46. The van der Waals surface area contributed by atoms with Crippen LogP contribution in [0.15, 0.2) is 60.7 Å². The van der Waals surface area contributed by atoms with Crippen LogP contribution in [0.1, 0.15) is 37.8 Å². The van der Waals surface area contributed by atoms with Crippen LogP contribution in [-0.2, 0) is 4.74 Å². The number of anilines is 2. The number of esters is 2. The highest BCUT2D eigenvalue weighted by Gasteiger charge is 2.33. The van der Waals surface area contributed by atoms with Crippen molar-refractivity contribution in [1.29, 1.82) is 0 Å². The summed E-state index contributed by atoms with van der Waals surface area (Å²) < 4.78 is 78.7. The first kappa shape index (κ1) is 25.7. The third-order valence-electron chi connectivity index (χ3n) is 6.41. The van der Waals surface area contributed by atoms with E-state index >= 15 is 0 Å². The largest absolute Gasteiger partial charge is 0.461 e. The molecule has 198 valence electrons. The minimum Gasteiger partial charge on any atom is -0.461 e. The number of halogens is 5. The zero-order valence-corrected chi connectivity index (χ0v) is 19.7. The lowest BCUT2D eigenvalue weighted by Gasteiger charge is -2.17. The number of rotatable bonds is 5. The maximum Gasteiger partial charge on any atom is 0.344 e. The fourth-order valence-electron chi connectivity index (χ4n) is 4.52. The van der Waals surface area contributed by atoms with Crippen molar-refractivity contribution in [1.82, 2.24) is 0 Å². The summed E-state index contributed by atoms with van der Waals surface area (Å²) in [6.07, 6.45) is 0. The van der Waals surface area contributed by atoms with E-state index in [0.29, 0.717) is 0 Å². The van der Waals surface area contributed by atoms with Crippen molar-refractivity contribution in [2.45, 2.75) is 5.92 Å². The van der Waals surface area contributed by atoms with Crippen molar-refractivity contribution >= 4 is 23.3 Å². The Morgan fingerprint density at radius 1 is 0.692 bits per heavy atom. The Hall–Kier alpha value is -4.93. The van der Waals surface area contributed by atoms with Crippen LogP contribution in [0.3, 0.4) is 0 Å². The van der Waals surface area contributed by atoms with E-state index in [9.17, 15) is 31.5 Å². The monoisotopic (exact) mass is 540 g/mol. The number of nitrogen functional groups attached to an aromatic ring is 2. The highest BCUT2D eigenvalue weighted by Crippen LogP contribution is 2.44. The van der Waals surface area contributed by atoms with E-state index in [-0.39, 0.29) is 18.2 Å². The van der Waals surface area contributed by atoms with Gasteiger partial charge in [0.1, 0.15) is 6.61 Å². The number of carbonyl (C=O) groups is 2. The molecule has 0 amide bonds. The summed E-state index contributed by atoms with van der Waals surface area (Å²) in [4.78, 5) is 26.0. The van der Waals surface area contributed by atoms with Crippen molar-refractivity contribution in [2.75, 3.05) is 18.1 Å². The van der Waals surface area contributed by atoms with Crippen molar-refractivity contribution in [3.05, 3.63) is 112 Å². The third kappa shape index (κ3) is 4.21. The quantitative estimate of drug-likeness (QED) is 0.0836. The Bertz CT molecular complexity index is 1600. The molecule has 0 saturated heterocycles. The minimum absolute atomic E-state index is 0.133. The fraction of sp³-hybridized carbons (Fsp3) is 0.0714. The molecule has 0 fully saturated rings. The lowest BCUT2D eigenvalue weighted by Crippen LogP contribution is -2.21. The second-order valence-electron chi connectivity index (χ2n) is 8.61. The Morgan fingerprint density at radius 2 is 1.21 bits per heavy atom. The topological polar surface area (TPSA) is 105 Å². The van der Waals surface area contributed by atoms with Gasteiger partial charge in [0.15, 0.2) is 0 Å². The molecule has 0 saturated carbocycles. The average molecular weight is 540 g/mol. The van der Waals surface area contributed by atoms with E-state index in [0.717, 1.165) is 34.4 Å². The predicted molar refractivity (Wildman–Crippen MR) is 130 cm³/mol. The molecule has 4 aromatic rings. The maximum atomic E-state index is 14.1. The van der Waals surface area contributed by atoms with Gasteiger partial charge < -0.3 is 20.9 Å². The van der Waals surface area contributed by atoms with Gasteiger partial charge in [0.25, 0.3) is 0 Å². The van der Waals surface area contributed by atoms with Gasteiger partial charge in [-0.05, 0) is 34.4 Å². The molecule has 5 rings (SSSR count). The van der Waals surface area contributed by atoms with Gasteiger partial charge in [-0.2, -0.15) is 8.78 Å². The van der Waals surface area contributed by atoms with E-state index in [4.69, 9.17) is 16.2 Å². The van der Waals surface area contributed by atoms with Crippen LogP contribution < -0.4 is 16.2 Å². The molecule has 0 aromatic heterocycles. The number of nitrogens with two attached hydrogens (primary N) is 2. The van der Waals surface area contributed by atoms with Crippen LogP contribution >= 0.6 is 0 Å². The molecule has 6 nitrogen and oxygen atoms in total. The Kier molecular flexibility index (Phi) is 6.43. The van der Waals surface area contributed by atoms with Gasteiger partial charge >= 0.3 is 11.9 Å². The normalized spacial score (nSPS) is 12.1. The number of hydrogen-bond acceptors (Lipinski definition) is 6. The zero-order chi connectivity index (χ0) is 28.0. The first-order chi connectivity index (χ1) is 18.6. The summed E-state index contributed by atoms with van der Waals surface area (Å²) in [7, 11) is 0. The standard InChI is InChI=1S/C28H17F5N2O4/c29-20-21(30)23(32)26(24(33)22(20)31)39-27(36)16-9-10-18(34)25(35)19(16)28(37)38-11-17-14-7-3-1-5-12(14)13-6-2-4-8-15(13)17/h1-10,17H,11,34-35H2. The molecular weight excluding hydrogens is 523 g/mol. The van der Waals surface area contributed by atoms with Crippen molar-refractivity contribution in [2.24, 2.45) is 0 Å². The smallest absolute Gasteiger partial charge is 0.344 e. The second kappa shape index (κ2) is 9.75. The molecule has 0 atom stereocenters. The Morgan fingerprint density at radius 3 is 1.77 bits per heavy atom. The van der Waals surface area contributed by atoms with Gasteiger partial charge in [0.2, 0.25) is 34.8 Å². The molecule has 11 heteroatoms. The number of benzene rings is 4. The predicted octanol–water partition coefficient (Wildman–Crippen LogP) is 5.74. The highest BCUT2D eigenvalue weighted by atomic mass is 19.2. The van der Waals surface area contributed by atoms with E-state index in [2.05, 4.69) is 4.74 Å². The van der Waals surface area contributed by atoms with E-state index in [1.807, 2.05) is 48.5 Å². The molecule has 0 heterocycles. The molecule has 0 aliphatic heterocycles. The molecule has 1 aliphatic rings. The molecule has 0 spiro atoms. The third-order valence-corrected chi connectivity index (χ3v) is 6.41. The Labute approximate surface area is 217 Å². The van der Waals surface area contributed by atoms with Gasteiger partial charge in [-0.15, -0.1) is 0 Å². The summed E-state index contributed by atoms with van der Waals surface area (Å²) in [5.41, 5.74) is 13.6. The van der Waals surface area contributed by atoms with Crippen LogP contribution in [0.2, 0.25) is 0 Å². The molecule has 0 radical (unpaired) electrons. The van der Waals surface area contributed by atoms with Crippen molar-refractivity contribution < 1.29 is 41.0 Å². The first-order valence-corrected chi connectivity index (χ1v) is 11.4. The summed E-state index contributed by atoms with van der Waals surface area (Å²) in [5, 5.41) is 0. The second-order valence-corrected chi connectivity index (χ2v) is 8.61. The maximum absolute atomic E-state index is 14.1. The molecule has 0 unspecified atom stereocenters. The zero-order valence-electron chi connectivity index (χ0n) is 19.7. The molecule has 1 aliphatic carbocycles. The fourth-order valence-corrected chi connectivity index (χ4v) is 4.52. The molecule has 0 bridgehead atoms. The molecule has 4 aromatic carbocycles. The van der Waals surface area contributed by atoms with Crippen LogP contribution in [0.5, 0.6) is 5.75 Å².